The van der Waals surface area contributed by atoms with Crippen LogP contribution >= 0.6 is 11.6 Å². The predicted octanol–water partition coefficient (Wildman–Crippen LogP) is 3.34. The van der Waals surface area contributed by atoms with Gasteiger partial charge in [-0.3, -0.25) is 9.59 Å². The maximum absolute atomic E-state index is 13.1. The highest BCUT2D eigenvalue weighted by Gasteiger charge is 2.29. The molecule has 8 heteroatoms. The Morgan fingerprint density at radius 2 is 2.00 bits per heavy atom. The first-order chi connectivity index (χ1) is 13.2. The number of carbonyl (C=O) groups excluding carboxylic acids is 3. The molecule has 2 rings (SSSR count). The van der Waals surface area contributed by atoms with E-state index in [1.165, 1.54) is 18.3 Å². The van der Waals surface area contributed by atoms with Crippen LogP contribution in [0.3, 0.4) is 0 Å². The first-order valence-corrected chi connectivity index (χ1v) is 9.42. The van der Waals surface area contributed by atoms with Crippen molar-refractivity contribution in [3.8, 4) is 0 Å². The van der Waals surface area contributed by atoms with E-state index in [0.29, 0.717) is 34.8 Å². The number of hydrogen-bond acceptors (Lipinski definition) is 5. The number of aromatic nitrogens is 1. The highest BCUT2D eigenvalue weighted by Crippen LogP contribution is 2.24. The number of furan rings is 1. The Morgan fingerprint density at radius 1 is 1.32 bits per heavy atom. The van der Waals surface area contributed by atoms with Gasteiger partial charge < -0.3 is 18.6 Å². The Labute approximate surface area is 169 Å². The van der Waals surface area contributed by atoms with Crippen molar-refractivity contribution in [2.75, 3.05) is 13.7 Å². The number of nitrogens with zero attached hydrogens (tertiary/aromatic N) is 2. The minimum atomic E-state index is -0.782. The van der Waals surface area contributed by atoms with Crippen LogP contribution in [0.2, 0.25) is 0 Å². The van der Waals surface area contributed by atoms with E-state index in [-0.39, 0.29) is 24.8 Å². The number of amides is 1. The number of hydrogen-bond donors (Lipinski definition) is 0. The molecule has 2 heterocycles. The molecule has 1 atom stereocenters. The van der Waals surface area contributed by atoms with Crippen molar-refractivity contribution >= 4 is 29.3 Å². The summed E-state index contributed by atoms with van der Waals surface area (Å²) in [5.41, 5.74) is 1.97. The van der Waals surface area contributed by atoms with Crippen molar-refractivity contribution in [3.05, 3.63) is 46.7 Å². The molecule has 0 radical (unpaired) electrons. The number of carbonyl (C=O) groups is 3. The second-order valence-corrected chi connectivity index (χ2v) is 7.14. The molecule has 0 aliphatic heterocycles. The third-order valence-corrected chi connectivity index (χ3v) is 4.84. The minimum absolute atomic E-state index is 0.130. The van der Waals surface area contributed by atoms with E-state index < -0.39 is 11.3 Å². The van der Waals surface area contributed by atoms with E-state index in [9.17, 15) is 14.4 Å². The SMILES string of the molecule is CCn1c(C)c(C(=O)CN(Cc2ccco2)C(=O)[C@H](C)Cl)c(C)c1C(=O)OC. The number of methoxy groups -OCH3 is 1. The Hall–Kier alpha value is -2.54. The summed E-state index contributed by atoms with van der Waals surface area (Å²) in [4.78, 5) is 39.2. The smallest absolute Gasteiger partial charge is 0.354 e. The molecule has 0 aromatic carbocycles. The van der Waals surface area contributed by atoms with Crippen molar-refractivity contribution in [2.24, 2.45) is 0 Å². The zero-order chi connectivity index (χ0) is 21.0. The number of ether oxygens (including phenoxy) is 1. The van der Waals surface area contributed by atoms with Gasteiger partial charge in [-0.25, -0.2) is 4.79 Å². The minimum Gasteiger partial charge on any atom is -0.467 e. The Balaban J connectivity index is 2.39. The molecule has 0 saturated carbocycles. The van der Waals surface area contributed by atoms with Crippen molar-refractivity contribution in [3.63, 3.8) is 0 Å². The van der Waals surface area contributed by atoms with Crippen LogP contribution in [-0.2, 0) is 22.6 Å². The normalized spacial score (nSPS) is 11.9. The van der Waals surface area contributed by atoms with Gasteiger partial charge in [-0.15, -0.1) is 11.6 Å². The summed E-state index contributed by atoms with van der Waals surface area (Å²) in [6.07, 6.45) is 1.50. The van der Waals surface area contributed by atoms with E-state index in [4.69, 9.17) is 20.8 Å². The van der Waals surface area contributed by atoms with Gasteiger partial charge in [0.05, 0.1) is 26.5 Å². The fraction of sp³-hybridized carbons (Fsp3) is 0.450. The van der Waals surface area contributed by atoms with Crippen LogP contribution < -0.4 is 0 Å². The van der Waals surface area contributed by atoms with Gasteiger partial charge in [-0.1, -0.05) is 0 Å². The molecule has 0 unspecified atom stereocenters. The highest BCUT2D eigenvalue weighted by atomic mass is 35.5. The molecule has 0 aliphatic rings. The summed E-state index contributed by atoms with van der Waals surface area (Å²) in [6.45, 7) is 7.40. The van der Waals surface area contributed by atoms with Crippen LogP contribution in [0, 0.1) is 13.8 Å². The number of ketones is 1. The van der Waals surface area contributed by atoms with Crippen LogP contribution in [0.4, 0.5) is 0 Å². The van der Waals surface area contributed by atoms with Crippen LogP contribution in [-0.4, -0.2) is 46.2 Å². The van der Waals surface area contributed by atoms with Crippen LogP contribution in [0.1, 0.15) is 51.7 Å². The van der Waals surface area contributed by atoms with Gasteiger partial charge in [0.15, 0.2) is 5.78 Å². The van der Waals surface area contributed by atoms with Gasteiger partial charge in [0.1, 0.15) is 16.8 Å². The number of esters is 1. The lowest BCUT2D eigenvalue weighted by molar-refractivity contribution is -0.130. The van der Waals surface area contributed by atoms with Crippen molar-refractivity contribution < 1.29 is 23.5 Å². The molecule has 2 aromatic rings. The van der Waals surface area contributed by atoms with Gasteiger partial charge in [0.25, 0.3) is 0 Å². The third-order valence-electron chi connectivity index (χ3n) is 4.65. The summed E-state index contributed by atoms with van der Waals surface area (Å²) < 4.78 is 11.9. The predicted molar refractivity (Wildman–Crippen MR) is 105 cm³/mol. The quantitative estimate of drug-likeness (QED) is 0.380. The topological polar surface area (TPSA) is 81.8 Å². The monoisotopic (exact) mass is 408 g/mol. The number of rotatable bonds is 8. The second kappa shape index (κ2) is 9.10. The standard InChI is InChI=1S/C20H25ClN2O5/c1-6-23-14(4)17(12(2)18(23)20(26)27-5)16(24)11-22(19(25)13(3)21)10-15-8-7-9-28-15/h7-9,13H,6,10-11H2,1-5H3/t13-/m0/s1. The average Bonchev–Trinajstić information content (AvgIpc) is 3.25. The van der Waals surface area contributed by atoms with Gasteiger partial charge in [-0.2, -0.15) is 0 Å². The number of halogens is 1. The molecule has 28 heavy (non-hydrogen) atoms. The first kappa shape index (κ1) is 21.8. The molecule has 0 aliphatic carbocycles. The summed E-state index contributed by atoms with van der Waals surface area (Å²) in [7, 11) is 1.30. The second-order valence-electron chi connectivity index (χ2n) is 6.48. The fourth-order valence-corrected chi connectivity index (χ4v) is 3.51. The van der Waals surface area contributed by atoms with Crippen molar-refractivity contribution in [1.82, 2.24) is 9.47 Å². The molecule has 7 nitrogen and oxygen atoms in total. The molecule has 0 fully saturated rings. The van der Waals surface area contributed by atoms with Crippen molar-refractivity contribution in [1.29, 1.82) is 0 Å². The first-order valence-electron chi connectivity index (χ1n) is 8.99. The molecule has 2 aromatic heterocycles. The maximum atomic E-state index is 13.1. The van der Waals surface area contributed by atoms with Gasteiger partial charge in [0, 0.05) is 17.8 Å². The highest BCUT2D eigenvalue weighted by molar-refractivity contribution is 6.30. The zero-order valence-corrected chi connectivity index (χ0v) is 17.5. The molecule has 0 bridgehead atoms. The van der Waals surface area contributed by atoms with E-state index in [1.807, 2.05) is 6.92 Å². The Morgan fingerprint density at radius 3 is 2.50 bits per heavy atom. The summed E-state index contributed by atoms with van der Waals surface area (Å²) in [5.74, 6) is -0.595. The largest absolute Gasteiger partial charge is 0.467 e. The molecule has 152 valence electrons. The fourth-order valence-electron chi connectivity index (χ4n) is 3.37. The van der Waals surface area contributed by atoms with Gasteiger partial charge in [-0.05, 0) is 45.4 Å². The van der Waals surface area contributed by atoms with Crippen molar-refractivity contribution in [2.45, 2.75) is 46.2 Å². The molecule has 1 amide bonds. The van der Waals surface area contributed by atoms with E-state index >= 15 is 0 Å². The lowest BCUT2D eigenvalue weighted by atomic mass is 10.0. The van der Waals surface area contributed by atoms with Gasteiger partial charge in [0.2, 0.25) is 5.91 Å². The summed E-state index contributed by atoms with van der Waals surface area (Å²) in [6, 6.07) is 3.44. The lowest BCUT2D eigenvalue weighted by Crippen LogP contribution is -2.39. The van der Waals surface area contributed by atoms with E-state index in [1.54, 1.807) is 37.5 Å². The summed E-state index contributed by atoms with van der Waals surface area (Å²) >= 11 is 5.97. The van der Waals surface area contributed by atoms with E-state index in [2.05, 4.69) is 0 Å². The van der Waals surface area contributed by atoms with Crippen LogP contribution in [0.25, 0.3) is 0 Å². The Bertz CT molecular complexity index is 868. The third kappa shape index (κ3) is 4.30. The van der Waals surface area contributed by atoms with Crippen LogP contribution in [0.5, 0.6) is 0 Å². The maximum Gasteiger partial charge on any atom is 0.354 e. The number of Topliss-reactive ketones (excluding diaryl/α,β-unsaturated/α-hetero) is 1. The zero-order valence-electron chi connectivity index (χ0n) is 16.7. The lowest BCUT2D eigenvalue weighted by Gasteiger charge is -2.22. The summed E-state index contributed by atoms with van der Waals surface area (Å²) in [5, 5.41) is -0.782. The molecule has 0 spiro atoms. The Kier molecular flexibility index (Phi) is 7.07. The van der Waals surface area contributed by atoms with Gasteiger partial charge >= 0.3 is 5.97 Å². The van der Waals surface area contributed by atoms with Crippen LogP contribution in [0.15, 0.2) is 22.8 Å². The molecule has 0 N–H and O–H groups in total. The van der Waals surface area contributed by atoms with E-state index in [0.717, 1.165) is 0 Å². The average molecular weight is 409 g/mol. The molecular weight excluding hydrogens is 384 g/mol. The molecular formula is C20H25ClN2O5. The molecule has 0 saturated heterocycles. The number of alkyl halides is 1.